The Kier molecular flexibility index (Phi) is 5.01. The molecule has 5 aromatic rings. The van der Waals surface area contributed by atoms with E-state index in [1.54, 1.807) is 21.7 Å². The van der Waals surface area contributed by atoms with E-state index in [4.69, 9.17) is 0 Å². The first kappa shape index (κ1) is 19.1. The van der Waals surface area contributed by atoms with Crippen LogP contribution in [0.3, 0.4) is 0 Å². The van der Waals surface area contributed by atoms with E-state index in [-0.39, 0.29) is 11.9 Å². The topological polar surface area (TPSA) is 90.0 Å². The van der Waals surface area contributed by atoms with Crippen molar-refractivity contribution in [1.29, 1.82) is 0 Å². The minimum absolute atomic E-state index is 0.223. The number of rotatable bonds is 5. The number of hydrogen-bond donors (Lipinski definition) is 1. The lowest BCUT2D eigenvalue weighted by Gasteiger charge is -2.05. The quantitative estimate of drug-likeness (QED) is 0.415. The minimum Gasteiger partial charge on any atom is -0.289 e. The highest BCUT2D eigenvalue weighted by atomic mass is 79.9. The Morgan fingerprint density at radius 1 is 1.00 bits per heavy atom. The van der Waals surface area contributed by atoms with Crippen LogP contribution in [0.4, 0.5) is 5.95 Å². The molecule has 31 heavy (non-hydrogen) atoms. The van der Waals surface area contributed by atoms with Crippen molar-refractivity contribution < 1.29 is 4.79 Å². The zero-order chi connectivity index (χ0) is 21.2. The summed E-state index contributed by atoms with van der Waals surface area (Å²) in [6, 6.07) is 19.6. The maximum atomic E-state index is 12.8. The highest BCUT2D eigenvalue weighted by molar-refractivity contribution is 9.10. The van der Waals surface area contributed by atoms with Crippen LogP contribution in [0, 0.1) is 0 Å². The SMILES string of the molecule is O=C(Nc1ncn(Cc2ccc(Br)cc2)n1)c1cnn2c(-c3ccccc3)ccnc12. The molecule has 0 spiro atoms. The average Bonchev–Trinajstić information content (AvgIpc) is 3.42. The molecular weight excluding hydrogens is 458 g/mol. The minimum atomic E-state index is -0.367. The molecule has 8 nitrogen and oxygen atoms in total. The number of carbonyl (C=O) groups excluding carboxylic acids is 1. The predicted octanol–water partition coefficient (Wildman–Crippen LogP) is 4.05. The van der Waals surface area contributed by atoms with E-state index in [1.807, 2.05) is 60.7 Å². The molecule has 5 rings (SSSR count). The fraction of sp³-hybridized carbons (Fsp3) is 0.0455. The van der Waals surface area contributed by atoms with Gasteiger partial charge < -0.3 is 0 Å². The summed E-state index contributed by atoms with van der Waals surface area (Å²) >= 11 is 3.42. The molecule has 0 aliphatic carbocycles. The van der Waals surface area contributed by atoms with Crippen LogP contribution >= 0.6 is 15.9 Å². The summed E-state index contributed by atoms with van der Waals surface area (Å²) in [6.45, 7) is 0.550. The molecule has 1 N–H and O–H groups in total. The number of aromatic nitrogens is 6. The Hall–Kier alpha value is -3.85. The lowest BCUT2D eigenvalue weighted by Crippen LogP contribution is -2.13. The van der Waals surface area contributed by atoms with Crippen LogP contribution in [0.15, 0.2) is 83.9 Å². The van der Waals surface area contributed by atoms with Crippen molar-refractivity contribution in [2.24, 2.45) is 0 Å². The molecule has 0 atom stereocenters. The summed E-state index contributed by atoms with van der Waals surface area (Å²) in [4.78, 5) is 21.4. The zero-order valence-electron chi connectivity index (χ0n) is 16.2. The Morgan fingerprint density at radius 2 is 1.81 bits per heavy atom. The molecule has 0 bridgehead atoms. The van der Waals surface area contributed by atoms with E-state index in [9.17, 15) is 4.79 Å². The third-order valence-corrected chi connectivity index (χ3v) is 5.26. The van der Waals surface area contributed by atoms with Crippen LogP contribution in [0.2, 0.25) is 0 Å². The first-order chi connectivity index (χ1) is 15.2. The van der Waals surface area contributed by atoms with Crippen molar-refractivity contribution in [3.63, 3.8) is 0 Å². The van der Waals surface area contributed by atoms with E-state index in [2.05, 4.69) is 41.4 Å². The van der Waals surface area contributed by atoms with Crippen LogP contribution in [-0.4, -0.2) is 35.3 Å². The van der Waals surface area contributed by atoms with Gasteiger partial charge >= 0.3 is 0 Å². The van der Waals surface area contributed by atoms with Gasteiger partial charge in [-0.15, -0.1) is 5.10 Å². The molecule has 0 radical (unpaired) electrons. The monoisotopic (exact) mass is 473 g/mol. The van der Waals surface area contributed by atoms with Crippen LogP contribution in [0.5, 0.6) is 0 Å². The van der Waals surface area contributed by atoms with Gasteiger partial charge in [-0.1, -0.05) is 58.4 Å². The Bertz CT molecular complexity index is 1360. The van der Waals surface area contributed by atoms with Gasteiger partial charge in [0.2, 0.25) is 5.95 Å². The van der Waals surface area contributed by atoms with E-state index in [1.165, 1.54) is 6.20 Å². The highest BCUT2D eigenvalue weighted by Crippen LogP contribution is 2.21. The Labute approximate surface area is 185 Å². The van der Waals surface area contributed by atoms with Crippen molar-refractivity contribution in [3.05, 3.63) is 95.0 Å². The Balaban J connectivity index is 1.36. The predicted molar refractivity (Wildman–Crippen MR) is 120 cm³/mol. The number of benzene rings is 2. The van der Waals surface area contributed by atoms with E-state index in [0.29, 0.717) is 17.8 Å². The number of anilines is 1. The fourth-order valence-electron chi connectivity index (χ4n) is 3.25. The van der Waals surface area contributed by atoms with Gasteiger partial charge in [0, 0.05) is 16.2 Å². The van der Waals surface area contributed by atoms with Gasteiger partial charge in [0.1, 0.15) is 11.9 Å². The third kappa shape index (κ3) is 3.95. The Morgan fingerprint density at radius 3 is 2.61 bits per heavy atom. The number of nitrogens with one attached hydrogen (secondary N) is 1. The molecular formula is C22H16BrN7O. The standard InChI is InChI=1S/C22H16BrN7O/c23-17-8-6-15(7-9-17)13-29-14-25-22(28-29)27-21(31)18-12-26-30-19(10-11-24-20(18)30)16-4-2-1-3-5-16/h1-12,14H,13H2,(H,27,28,31). The molecule has 152 valence electrons. The molecule has 0 saturated heterocycles. The lowest BCUT2D eigenvalue weighted by molar-refractivity contribution is 0.102. The van der Waals surface area contributed by atoms with Gasteiger partial charge in [-0.05, 0) is 23.8 Å². The number of amides is 1. The zero-order valence-corrected chi connectivity index (χ0v) is 17.8. The maximum absolute atomic E-state index is 12.8. The average molecular weight is 474 g/mol. The van der Waals surface area contributed by atoms with Gasteiger partial charge in [-0.3, -0.25) is 10.1 Å². The van der Waals surface area contributed by atoms with E-state index >= 15 is 0 Å². The third-order valence-electron chi connectivity index (χ3n) is 4.74. The van der Waals surface area contributed by atoms with Gasteiger partial charge in [-0.2, -0.15) is 5.10 Å². The molecule has 0 aliphatic rings. The van der Waals surface area contributed by atoms with Gasteiger partial charge in [0.25, 0.3) is 5.91 Å². The van der Waals surface area contributed by atoms with Gasteiger partial charge in [0.05, 0.1) is 18.4 Å². The summed E-state index contributed by atoms with van der Waals surface area (Å²) < 4.78 is 4.34. The van der Waals surface area contributed by atoms with Crippen molar-refractivity contribution in [2.45, 2.75) is 6.54 Å². The number of nitrogens with zero attached hydrogens (tertiary/aromatic N) is 6. The second-order valence-corrected chi connectivity index (χ2v) is 7.75. The van der Waals surface area contributed by atoms with Crippen molar-refractivity contribution >= 4 is 33.4 Å². The second kappa shape index (κ2) is 8.11. The van der Waals surface area contributed by atoms with Crippen LogP contribution < -0.4 is 5.32 Å². The van der Waals surface area contributed by atoms with Crippen LogP contribution in [-0.2, 0) is 6.54 Å². The molecule has 1 amide bonds. The number of fused-ring (bicyclic) bond motifs is 1. The molecule has 2 aromatic carbocycles. The lowest BCUT2D eigenvalue weighted by atomic mass is 10.1. The first-order valence-corrected chi connectivity index (χ1v) is 10.3. The van der Waals surface area contributed by atoms with E-state index < -0.39 is 0 Å². The van der Waals surface area contributed by atoms with Crippen molar-refractivity contribution in [1.82, 2.24) is 29.4 Å². The molecule has 9 heteroatoms. The number of halogens is 1. The normalized spacial score (nSPS) is 11.0. The largest absolute Gasteiger partial charge is 0.289 e. The summed E-state index contributed by atoms with van der Waals surface area (Å²) in [5, 5.41) is 11.4. The summed E-state index contributed by atoms with van der Waals surface area (Å²) in [5.41, 5.74) is 3.72. The maximum Gasteiger partial charge on any atom is 0.263 e. The van der Waals surface area contributed by atoms with Gasteiger partial charge in [0.15, 0.2) is 5.65 Å². The second-order valence-electron chi connectivity index (χ2n) is 6.84. The summed E-state index contributed by atoms with van der Waals surface area (Å²) in [7, 11) is 0. The van der Waals surface area contributed by atoms with Crippen molar-refractivity contribution in [2.75, 3.05) is 5.32 Å². The fourth-order valence-corrected chi connectivity index (χ4v) is 3.52. The molecule has 0 fully saturated rings. The smallest absolute Gasteiger partial charge is 0.263 e. The summed E-state index contributed by atoms with van der Waals surface area (Å²) in [5.74, 6) is -0.144. The number of hydrogen-bond acceptors (Lipinski definition) is 5. The highest BCUT2D eigenvalue weighted by Gasteiger charge is 2.17. The molecule has 0 saturated carbocycles. The molecule has 0 aliphatic heterocycles. The van der Waals surface area contributed by atoms with Crippen LogP contribution in [0.1, 0.15) is 15.9 Å². The van der Waals surface area contributed by atoms with Gasteiger partial charge in [-0.25, -0.2) is 19.2 Å². The number of carbonyl (C=O) groups is 1. The molecule has 3 aromatic heterocycles. The molecule has 3 heterocycles. The molecule has 0 unspecified atom stereocenters. The van der Waals surface area contributed by atoms with Crippen molar-refractivity contribution in [3.8, 4) is 11.3 Å². The summed E-state index contributed by atoms with van der Waals surface area (Å²) in [6.07, 6.45) is 4.75. The van der Waals surface area contributed by atoms with Crippen LogP contribution in [0.25, 0.3) is 16.9 Å². The first-order valence-electron chi connectivity index (χ1n) is 9.51. The van der Waals surface area contributed by atoms with E-state index in [0.717, 1.165) is 21.3 Å².